The number of methoxy groups -OCH3 is 1. The number of hydrogen-bond donors (Lipinski definition) is 2. The minimum absolute atomic E-state index is 0.0206. The van der Waals surface area contributed by atoms with Gasteiger partial charge in [-0.05, 0) is 50.3 Å². The second-order valence-corrected chi connectivity index (χ2v) is 7.46. The van der Waals surface area contributed by atoms with Crippen molar-refractivity contribution in [1.82, 2.24) is 0 Å². The van der Waals surface area contributed by atoms with Crippen LogP contribution in [0.15, 0.2) is 60.2 Å². The molecule has 1 amide bonds. The summed E-state index contributed by atoms with van der Waals surface area (Å²) in [5.74, 6) is 0.658. The van der Waals surface area contributed by atoms with Crippen LogP contribution >= 0.6 is 0 Å². The lowest BCUT2D eigenvalue weighted by atomic mass is 9.97. The number of anilines is 1. The smallest absolute Gasteiger partial charge is 0.287 e. The lowest BCUT2D eigenvalue weighted by Crippen LogP contribution is -2.87. The molecule has 0 aliphatic heterocycles. The molecule has 1 atom stereocenters. The number of benzene rings is 2. The van der Waals surface area contributed by atoms with Crippen molar-refractivity contribution < 1.29 is 14.8 Å². The molecule has 3 rings (SSSR count). The van der Waals surface area contributed by atoms with E-state index in [4.69, 9.17) is 4.74 Å². The van der Waals surface area contributed by atoms with Gasteiger partial charge in [0.2, 0.25) is 0 Å². The largest absolute Gasteiger partial charge is 0.495 e. The molecule has 148 valence electrons. The highest BCUT2D eigenvalue weighted by Crippen LogP contribution is 2.26. The van der Waals surface area contributed by atoms with Gasteiger partial charge in [-0.15, -0.1) is 0 Å². The lowest BCUT2D eigenvalue weighted by Gasteiger charge is -2.18. The minimum Gasteiger partial charge on any atom is -0.495 e. The zero-order chi connectivity index (χ0) is 19.8. The average Bonchev–Trinajstić information content (AvgIpc) is 2.73. The van der Waals surface area contributed by atoms with Crippen LogP contribution in [-0.4, -0.2) is 19.6 Å². The Labute approximate surface area is 168 Å². The Hall–Kier alpha value is -2.59. The molecule has 0 spiro atoms. The number of allylic oxidation sites excluding steroid dienone is 1. The molecule has 1 aliphatic rings. The Balaban J connectivity index is 1.72. The first kappa shape index (κ1) is 20.2. The monoisotopic (exact) mass is 379 g/mol. The van der Waals surface area contributed by atoms with Crippen LogP contribution in [0.1, 0.15) is 49.3 Å². The topological polar surface area (TPSA) is 54.9 Å². The number of quaternary nitrogens is 1. The third kappa shape index (κ3) is 5.46. The molecule has 3 N–H and O–H groups in total. The molecule has 4 nitrogen and oxygen atoms in total. The standard InChI is InChI=1S/C24H30N2O2/c1-18-13-14-22(28-2)21(17-18)26-24(27)23(20-11-7-4-8-12-20)25-16-15-19-9-5-3-6-10-19/h4,7-9,11-14,17,23,25H,3,5-6,10,15-16H2,1-2H3,(H,26,27)/p+1/t23-/m0/s1. The summed E-state index contributed by atoms with van der Waals surface area (Å²) in [6.45, 7) is 2.91. The molecule has 0 saturated heterocycles. The highest BCUT2D eigenvalue weighted by molar-refractivity contribution is 5.95. The van der Waals surface area contributed by atoms with E-state index in [2.05, 4.69) is 16.7 Å². The van der Waals surface area contributed by atoms with Crippen LogP contribution in [0.2, 0.25) is 0 Å². The SMILES string of the molecule is COc1ccc(C)cc1NC(=O)[C@@H]([NH2+]CCC1=CCCCC1)c1ccccc1. The normalized spacial score (nSPS) is 14.9. The summed E-state index contributed by atoms with van der Waals surface area (Å²) in [6, 6.07) is 15.5. The highest BCUT2D eigenvalue weighted by atomic mass is 16.5. The highest BCUT2D eigenvalue weighted by Gasteiger charge is 2.25. The van der Waals surface area contributed by atoms with Crippen LogP contribution in [0.4, 0.5) is 5.69 Å². The fourth-order valence-corrected chi connectivity index (χ4v) is 3.75. The molecule has 0 fully saturated rings. The maximum atomic E-state index is 13.2. The first-order valence-electron chi connectivity index (χ1n) is 10.2. The molecule has 2 aromatic carbocycles. The molecule has 2 aromatic rings. The molecule has 0 saturated carbocycles. The van der Waals surface area contributed by atoms with Gasteiger partial charge in [0.15, 0.2) is 6.04 Å². The van der Waals surface area contributed by atoms with Crippen LogP contribution in [0.5, 0.6) is 5.75 Å². The van der Waals surface area contributed by atoms with E-state index < -0.39 is 0 Å². The second-order valence-electron chi connectivity index (χ2n) is 7.46. The van der Waals surface area contributed by atoms with Gasteiger partial charge in [0, 0.05) is 12.0 Å². The summed E-state index contributed by atoms with van der Waals surface area (Å²) in [4.78, 5) is 13.2. The summed E-state index contributed by atoms with van der Waals surface area (Å²) in [6.07, 6.45) is 8.43. The zero-order valence-corrected chi connectivity index (χ0v) is 16.9. The summed E-state index contributed by atoms with van der Waals surface area (Å²) in [5.41, 5.74) is 4.36. The fourth-order valence-electron chi connectivity index (χ4n) is 3.75. The maximum absolute atomic E-state index is 13.2. The summed E-state index contributed by atoms with van der Waals surface area (Å²) >= 11 is 0. The van der Waals surface area contributed by atoms with Crippen molar-refractivity contribution >= 4 is 11.6 Å². The van der Waals surface area contributed by atoms with Gasteiger partial charge in [0.1, 0.15) is 5.75 Å². The molecule has 0 radical (unpaired) electrons. The quantitative estimate of drug-likeness (QED) is 0.678. The van der Waals surface area contributed by atoms with Gasteiger partial charge in [0.05, 0.1) is 19.3 Å². The Bertz CT molecular complexity index is 815. The average molecular weight is 380 g/mol. The molecular formula is C24H31N2O2+. The summed E-state index contributed by atoms with van der Waals surface area (Å²) < 4.78 is 5.41. The molecule has 0 aromatic heterocycles. The van der Waals surface area contributed by atoms with Crippen molar-refractivity contribution in [2.45, 2.75) is 45.1 Å². The number of aryl methyl sites for hydroxylation is 1. The number of hydrogen-bond acceptors (Lipinski definition) is 2. The van der Waals surface area contributed by atoms with E-state index in [1.165, 1.54) is 31.3 Å². The van der Waals surface area contributed by atoms with E-state index >= 15 is 0 Å². The summed E-state index contributed by atoms with van der Waals surface area (Å²) in [5, 5.41) is 5.23. The van der Waals surface area contributed by atoms with Gasteiger partial charge in [0.25, 0.3) is 5.91 Å². The first-order valence-corrected chi connectivity index (χ1v) is 10.2. The molecular weight excluding hydrogens is 348 g/mol. The van der Waals surface area contributed by atoms with Crippen LogP contribution in [0.25, 0.3) is 0 Å². The van der Waals surface area contributed by atoms with Crippen LogP contribution in [0, 0.1) is 6.92 Å². The van der Waals surface area contributed by atoms with E-state index in [0.29, 0.717) is 5.75 Å². The lowest BCUT2D eigenvalue weighted by molar-refractivity contribution is -0.682. The Morgan fingerprint density at radius 3 is 2.71 bits per heavy atom. The number of carbonyl (C=O) groups is 1. The number of nitrogens with two attached hydrogens (primary N) is 1. The number of carbonyl (C=O) groups excluding carboxylic acids is 1. The first-order chi connectivity index (χ1) is 13.7. The predicted molar refractivity (Wildman–Crippen MR) is 114 cm³/mol. The molecule has 0 unspecified atom stereocenters. The van der Waals surface area contributed by atoms with Crippen molar-refractivity contribution in [2.75, 3.05) is 19.0 Å². The van der Waals surface area contributed by atoms with Crippen molar-refractivity contribution in [2.24, 2.45) is 0 Å². The van der Waals surface area contributed by atoms with Crippen molar-refractivity contribution in [3.8, 4) is 5.75 Å². The molecule has 0 bridgehead atoms. The van der Waals surface area contributed by atoms with E-state index in [1.54, 1.807) is 7.11 Å². The third-order valence-corrected chi connectivity index (χ3v) is 5.31. The van der Waals surface area contributed by atoms with Gasteiger partial charge < -0.3 is 15.4 Å². The van der Waals surface area contributed by atoms with Gasteiger partial charge in [-0.3, -0.25) is 4.79 Å². The van der Waals surface area contributed by atoms with E-state index in [0.717, 1.165) is 29.8 Å². The van der Waals surface area contributed by atoms with E-state index in [1.807, 2.05) is 55.5 Å². The van der Waals surface area contributed by atoms with E-state index in [-0.39, 0.29) is 11.9 Å². The van der Waals surface area contributed by atoms with Crippen molar-refractivity contribution in [3.05, 3.63) is 71.3 Å². The van der Waals surface area contributed by atoms with Gasteiger partial charge in [-0.25, -0.2) is 0 Å². The number of amides is 1. The number of rotatable bonds is 8. The number of ether oxygens (including phenoxy) is 1. The van der Waals surface area contributed by atoms with Crippen LogP contribution in [-0.2, 0) is 4.79 Å². The summed E-state index contributed by atoms with van der Waals surface area (Å²) in [7, 11) is 1.62. The van der Waals surface area contributed by atoms with Crippen molar-refractivity contribution in [1.29, 1.82) is 0 Å². The van der Waals surface area contributed by atoms with Gasteiger partial charge >= 0.3 is 0 Å². The van der Waals surface area contributed by atoms with Crippen LogP contribution in [0.3, 0.4) is 0 Å². The Morgan fingerprint density at radius 2 is 2.00 bits per heavy atom. The number of nitrogens with one attached hydrogen (secondary N) is 1. The Morgan fingerprint density at radius 1 is 1.18 bits per heavy atom. The Kier molecular flexibility index (Phi) is 7.26. The van der Waals surface area contributed by atoms with E-state index in [9.17, 15) is 4.79 Å². The van der Waals surface area contributed by atoms with Gasteiger partial charge in [-0.2, -0.15) is 0 Å². The maximum Gasteiger partial charge on any atom is 0.287 e. The fraction of sp³-hybridized carbons (Fsp3) is 0.375. The van der Waals surface area contributed by atoms with Crippen LogP contribution < -0.4 is 15.4 Å². The zero-order valence-electron chi connectivity index (χ0n) is 16.9. The molecule has 0 heterocycles. The van der Waals surface area contributed by atoms with Gasteiger partial charge in [-0.1, -0.05) is 48.0 Å². The molecule has 1 aliphatic carbocycles. The van der Waals surface area contributed by atoms with Crippen molar-refractivity contribution in [3.63, 3.8) is 0 Å². The molecule has 28 heavy (non-hydrogen) atoms. The molecule has 4 heteroatoms. The predicted octanol–water partition coefficient (Wildman–Crippen LogP) is 4.14. The third-order valence-electron chi connectivity index (χ3n) is 5.31. The minimum atomic E-state index is -0.282. The second kappa shape index (κ2) is 10.1.